The van der Waals surface area contributed by atoms with Gasteiger partial charge in [0, 0.05) is 56.3 Å². The summed E-state index contributed by atoms with van der Waals surface area (Å²) in [5, 5.41) is 0.619. The van der Waals surface area contributed by atoms with E-state index in [0.717, 1.165) is 54.6 Å². The van der Waals surface area contributed by atoms with E-state index in [4.69, 9.17) is 41.3 Å². The van der Waals surface area contributed by atoms with Gasteiger partial charge in [0.15, 0.2) is 5.78 Å². The van der Waals surface area contributed by atoms with Gasteiger partial charge in [-0.2, -0.15) is 0 Å². The summed E-state index contributed by atoms with van der Waals surface area (Å²) in [4.78, 5) is 25.1. The van der Waals surface area contributed by atoms with E-state index in [2.05, 4.69) is 33.9 Å². The highest BCUT2D eigenvalue weighted by atomic mass is 35.5. The van der Waals surface area contributed by atoms with Gasteiger partial charge in [0.2, 0.25) is 0 Å². The number of aliphatic imine (C=N–C) groups is 1. The highest BCUT2D eigenvalue weighted by molar-refractivity contribution is 6.31. The lowest BCUT2D eigenvalue weighted by atomic mass is 10.1. The first-order chi connectivity index (χ1) is 20.6. The number of Topliss-reactive ketones (excluding diaryl/α,β-unsaturated/α-hetero) is 1. The average Bonchev–Trinajstić information content (AvgIpc) is 3.12. The second kappa shape index (κ2) is 17.5. The predicted molar refractivity (Wildman–Crippen MR) is 167 cm³/mol. The number of likely N-dealkylation sites (N-methyl/N-ethyl adjacent to an activating group) is 1. The van der Waals surface area contributed by atoms with Crippen LogP contribution >= 0.6 is 11.6 Å². The molecule has 0 amide bonds. The van der Waals surface area contributed by atoms with Crippen molar-refractivity contribution in [1.29, 1.82) is 0 Å². The Labute approximate surface area is 254 Å². The number of fused-ring (bicyclic) bond motifs is 2. The van der Waals surface area contributed by atoms with Crippen molar-refractivity contribution in [3.05, 3.63) is 53.1 Å². The first kappa shape index (κ1) is 32.3. The third-order valence-corrected chi connectivity index (χ3v) is 7.39. The molecule has 0 saturated carbocycles. The zero-order valence-corrected chi connectivity index (χ0v) is 25.4. The van der Waals surface area contributed by atoms with Gasteiger partial charge in [-0.05, 0) is 43.8 Å². The standard InChI is InChI=1S/C31H44ClN5O5/c1-35-11-13-36(14-12-35)31-27-6-2-3-7-29(27)37(30-9-8-25(32)23-28(30)34-31)24-26(38)5-4-15-39-17-19-41-21-22-42-20-18-40-16-10-33/h2-3,6-9,23H,4-5,10-22,24,33H2,1H3. The van der Waals surface area contributed by atoms with E-state index >= 15 is 0 Å². The number of rotatable bonds is 17. The number of amidine groups is 1. The molecule has 0 radical (unpaired) electrons. The van der Waals surface area contributed by atoms with Crippen LogP contribution in [0.25, 0.3) is 0 Å². The Morgan fingerprint density at radius 3 is 2.19 bits per heavy atom. The molecule has 0 aromatic heterocycles. The van der Waals surface area contributed by atoms with Gasteiger partial charge in [0.25, 0.3) is 0 Å². The van der Waals surface area contributed by atoms with Gasteiger partial charge < -0.3 is 39.4 Å². The molecule has 2 N–H and O–H groups in total. The second-order valence-electron chi connectivity index (χ2n) is 10.3. The van der Waals surface area contributed by atoms with E-state index < -0.39 is 0 Å². The number of anilines is 2. The lowest BCUT2D eigenvalue weighted by Gasteiger charge is -2.35. The first-order valence-corrected chi connectivity index (χ1v) is 15.2. The highest BCUT2D eigenvalue weighted by Crippen LogP contribution is 2.41. The largest absolute Gasteiger partial charge is 0.379 e. The van der Waals surface area contributed by atoms with Gasteiger partial charge in [-0.25, -0.2) is 4.99 Å². The second-order valence-corrected chi connectivity index (χ2v) is 10.8. The maximum atomic E-state index is 13.2. The minimum Gasteiger partial charge on any atom is -0.379 e. The van der Waals surface area contributed by atoms with Crippen molar-refractivity contribution in [2.24, 2.45) is 10.7 Å². The maximum absolute atomic E-state index is 13.2. The number of piperazine rings is 1. The highest BCUT2D eigenvalue weighted by Gasteiger charge is 2.28. The van der Waals surface area contributed by atoms with E-state index in [1.165, 1.54) is 0 Å². The smallest absolute Gasteiger partial charge is 0.152 e. The average molecular weight is 602 g/mol. The van der Waals surface area contributed by atoms with Crippen LogP contribution in [0.4, 0.5) is 17.1 Å². The molecule has 4 rings (SSSR count). The van der Waals surface area contributed by atoms with Gasteiger partial charge in [-0.1, -0.05) is 23.7 Å². The Morgan fingerprint density at radius 2 is 1.50 bits per heavy atom. The summed E-state index contributed by atoms with van der Waals surface area (Å²) in [6.45, 7) is 8.59. The minimum atomic E-state index is 0.140. The molecule has 10 nitrogen and oxygen atoms in total. The molecule has 11 heteroatoms. The van der Waals surface area contributed by atoms with Crippen LogP contribution in [0.5, 0.6) is 0 Å². The predicted octanol–water partition coefficient (Wildman–Crippen LogP) is 3.49. The number of ether oxygens (including phenoxy) is 4. The number of nitrogens with zero attached hydrogens (tertiary/aromatic N) is 4. The van der Waals surface area contributed by atoms with Crippen LogP contribution in [0, 0.1) is 0 Å². The SMILES string of the molecule is CN1CCN(C2=Nc3cc(Cl)ccc3N(CC(=O)CCCOCCOCCOCCOCCN)c3ccccc32)CC1. The van der Waals surface area contributed by atoms with Gasteiger partial charge in [-0.15, -0.1) is 0 Å². The lowest BCUT2D eigenvalue weighted by molar-refractivity contribution is -0.118. The summed E-state index contributed by atoms with van der Waals surface area (Å²) in [5.41, 5.74) is 9.02. The molecule has 0 unspecified atom stereocenters. The molecule has 2 aromatic rings. The molecule has 42 heavy (non-hydrogen) atoms. The number of hydrogen-bond donors (Lipinski definition) is 1. The van der Waals surface area contributed by atoms with Crippen LogP contribution < -0.4 is 10.6 Å². The third-order valence-electron chi connectivity index (χ3n) is 7.15. The fourth-order valence-electron chi connectivity index (χ4n) is 4.92. The first-order valence-electron chi connectivity index (χ1n) is 14.8. The number of ketones is 1. The van der Waals surface area contributed by atoms with Gasteiger partial charge >= 0.3 is 0 Å². The van der Waals surface area contributed by atoms with E-state index in [-0.39, 0.29) is 12.3 Å². The quantitative estimate of drug-likeness (QED) is 0.273. The number of carbonyl (C=O) groups excluding carboxylic acids is 1. The van der Waals surface area contributed by atoms with Crippen molar-refractivity contribution >= 4 is 40.3 Å². The Hall–Kier alpha value is -2.57. The van der Waals surface area contributed by atoms with Crippen LogP contribution in [-0.4, -0.2) is 121 Å². The van der Waals surface area contributed by atoms with Crippen LogP contribution in [-0.2, 0) is 23.7 Å². The van der Waals surface area contributed by atoms with E-state index in [1.807, 2.05) is 30.3 Å². The van der Waals surface area contributed by atoms with E-state index in [9.17, 15) is 4.79 Å². The van der Waals surface area contributed by atoms with Crippen molar-refractivity contribution in [3.63, 3.8) is 0 Å². The number of halogens is 1. The number of para-hydroxylation sites is 1. The summed E-state index contributed by atoms with van der Waals surface area (Å²) >= 11 is 6.41. The van der Waals surface area contributed by atoms with Crippen molar-refractivity contribution in [2.45, 2.75) is 12.8 Å². The lowest BCUT2D eigenvalue weighted by Crippen LogP contribution is -2.47. The summed E-state index contributed by atoms with van der Waals surface area (Å²) in [5.74, 6) is 1.07. The van der Waals surface area contributed by atoms with Gasteiger partial charge in [0.1, 0.15) is 5.84 Å². The zero-order valence-electron chi connectivity index (χ0n) is 24.6. The summed E-state index contributed by atoms with van der Waals surface area (Å²) in [7, 11) is 2.14. The molecule has 2 aromatic carbocycles. The van der Waals surface area contributed by atoms with Crippen LogP contribution in [0.2, 0.25) is 5.02 Å². The number of benzene rings is 2. The summed E-state index contributed by atoms with van der Waals surface area (Å²) < 4.78 is 21.9. The normalized spacial score (nSPS) is 15.3. The Morgan fingerprint density at radius 1 is 0.857 bits per heavy atom. The van der Waals surface area contributed by atoms with Gasteiger partial charge in [0.05, 0.1) is 69.9 Å². The zero-order chi connectivity index (χ0) is 29.6. The molecule has 0 bridgehead atoms. The molecule has 0 aliphatic carbocycles. The minimum absolute atomic E-state index is 0.140. The van der Waals surface area contributed by atoms with E-state index in [0.29, 0.717) is 77.3 Å². The van der Waals surface area contributed by atoms with Gasteiger partial charge in [-0.3, -0.25) is 4.79 Å². The van der Waals surface area contributed by atoms with Crippen LogP contribution in [0.15, 0.2) is 47.5 Å². The van der Waals surface area contributed by atoms with Crippen molar-refractivity contribution in [1.82, 2.24) is 9.80 Å². The topological polar surface area (TPSA) is 102 Å². The van der Waals surface area contributed by atoms with Crippen molar-refractivity contribution < 1.29 is 23.7 Å². The Bertz CT molecular complexity index is 1160. The molecular weight excluding hydrogens is 558 g/mol. The monoisotopic (exact) mass is 601 g/mol. The van der Waals surface area contributed by atoms with Crippen LogP contribution in [0.3, 0.4) is 0 Å². The molecule has 2 aliphatic heterocycles. The number of carbonyl (C=O) groups is 1. The van der Waals surface area contributed by atoms with Crippen LogP contribution in [0.1, 0.15) is 18.4 Å². The van der Waals surface area contributed by atoms with E-state index in [1.54, 1.807) is 0 Å². The van der Waals surface area contributed by atoms with Crippen molar-refractivity contribution in [3.8, 4) is 0 Å². The number of nitrogens with two attached hydrogens (primary N) is 1. The molecular formula is C31H44ClN5O5. The summed E-state index contributed by atoms with van der Waals surface area (Å²) in [6.07, 6.45) is 1.07. The molecule has 1 fully saturated rings. The maximum Gasteiger partial charge on any atom is 0.152 e. The molecule has 0 spiro atoms. The van der Waals surface area contributed by atoms with Crippen molar-refractivity contribution in [2.75, 3.05) is 104 Å². The fourth-order valence-corrected chi connectivity index (χ4v) is 5.08. The molecule has 0 atom stereocenters. The summed E-state index contributed by atoms with van der Waals surface area (Å²) in [6, 6.07) is 13.9. The molecule has 1 saturated heterocycles. The molecule has 2 aliphatic rings. The Kier molecular flexibility index (Phi) is 13.5. The molecule has 2 heterocycles. The third kappa shape index (κ3) is 9.74. The number of hydrogen-bond acceptors (Lipinski definition) is 10. The Balaban J connectivity index is 1.26. The fraction of sp³-hybridized carbons (Fsp3) is 0.548. The molecule has 230 valence electrons.